The molecule has 0 amide bonds. The summed E-state index contributed by atoms with van der Waals surface area (Å²) in [6.07, 6.45) is 3.51. The minimum absolute atomic E-state index is 0.0960. The number of nitrogens with one attached hydrogen (secondary N) is 1. The zero-order valence-electron chi connectivity index (χ0n) is 13.2. The second kappa shape index (κ2) is 7.57. The molecule has 2 rings (SSSR count). The maximum atomic E-state index is 14.6. The van der Waals surface area contributed by atoms with Gasteiger partial charge in [0.1, 0.15) is 5.82 Å². The third-order valence-electron chi connectivity index (χ3n) is 4.47. The van der Waals surface area contributed by atoms with Gasteiger partial charge in [0.15, 0.2) is 0 Å². The summed E-state index contributed by atoms with van der Waals surface area (Å²) in [7, 11) is 1.97. The molecule has 1 aliphatic heterocycles. The average Bonchev–Trinajstić information content (AvgIpc) is 2.65. The van der Waals surface area contributed by atoms with E-state index in [9.17, 15) is 4.39 Å². The van der Waals surface area contributed by atoms with Crippen molar-refractivity contribution in [1.82, 2.24) is 10.2 Å². The van der Waals surface area contributed by atoms with Gasteiger partial charge in [-0.15, -0.1) is 0 Å². The Morgan fingerprint density at radius 1 is 1.38 bits per heavy atom. The third-order valence-corrected chi connectivity index (χ3v) is 4.77. The Kier molecular flexibility index (Phi) is 6.03. The summed E-state index contributed by atoms with van der Waals surface area (Å²) in [6.45, 7) is 6.31. The molecule has 0 aromatic heterocycles. The van der Waals surface area contributed by atoms with E-state index in [2.05, 4.69) is 24.1 Å². The van der Waals surface area contributed by atoms with Gasteiger partial charge in [-0.05, 0) is 58.8 Å². The Hall–Kier alpha value is -0.640. The lowest BCUT2D eigenvalue weighted by atomic mass is 9.88. The smallest absolute Gasteiger partial charge is 0.146 e. The molecule has 1 saturated heterocycles. The van der Waals surface area contributed by atoms with Crippen LogP contribution in [0.5, 0.6) is 0 Å². The molecule has 0 bridgehead atoms. The first-order valence-electron chi connectivity index (χ1n) is 7.90. The predicted octanol–water partition coefficient (Wildman–Crippen LogP) is 4.25. The number of likely N-dealkylation sites (tertiary alicyclic amines) is 1. The van der Waals surface area contributed by atoms with E-state index >= 15 is 0 Å². The van der Waals surface area contributed by atoms with E-state index in [-0.39, 0.29) is 16.9 Å². The molecular formula is C17H26ClFN2. The normalized spacial score (nSPS) is 24.3. The Morgan fingerprint density at radius 2 is 2.14 bits per heavy atom. The minimum Gasteiger partial charge on any atom is -0.319 e. The summed E-state index contributed by atoms with van der Waals surface area (Å²) in [5.41, 5.74) is 0.748. The fourth-order valence-corrected chi connectivity index (χ4v) is 3.69. The lowest BCUT2D eigenvalue weighted by molar-refractivity contribution is 0.116. The Bertz CT molecular complexity index is 464. The number of hydrogen-bond donors (Lipinski definition) is 1. The second-order valence-corrected chi connectivity index (χ2v) is 6.64. The molecule has 0 saturated carbocycles. The fraction of sp³-hybridized carbons (Fsp3) is 0.647. The Balaban J connectivity index is 2.45. The number of benzene rings is 1. The molecule has 0 radical (unpaired) electrons. The second-order valence-electron chi connectivity index (χ2n) is 6.23. The molecule has 1 heterocycles. The standard InChI is InChI=1S/C17H26ClFN2/c1-12(2)21-10-5-4-7-13(11-20-3)17(21)14-8-6-9-15(18)16(14)19/h6,8-9,12-13,17,20H,4-5,7,10-11H2,1-3H3. The molecule has 4 heteroatoms. The first kappa shape index (κ1) is 16.7. The van der Waals surface area contributed by atoms with Crippen LogP contribution in [0.3, 0.4) is 0 Å². The molecule has 1 aliphatic rings. The first-order chi connectivity index (χ1) is 10.1. The molecular weight excluding hydrogens is 287 g/mol. The van der Waals surface area contributed by atoms with Crippen molar-refractivity contribution in [2.75, 3.05) is 20.1 Å². The largest absolute Gasteiger partial charge is 0.319 e. The topological polar surface area (TPSA) is 15.3 Å². The average molecular weight is 313 g/mol. The Morgan fingerprint density at radius 3 is 2.81 bits per heavy atom. The summed E-state index contributed by atoms with van der Waals surface area (Å²) in [4.78, 5) is 2.43. The van der Waals surface area contributed by atoms with Crippen LogP contribution in [0.25, 0.3) is 0 Å². The van der Waals surface area contributed by atoms with Gasteiger partial charge < -0.3 is 5.32 Å². The van der Waals surface area contributed by atoms with Gasteiger partial charge in [0.05, 0.1) is 5.02 Å². The van der Waals surface area contributed by atoms with Crippen LogP contribution in [0.15, 0.2) is 18.2 Å². The lowest BCUT2D eigenvalue weighted by Gasteiger charge is -2.38. The monoisotopic (exact) mass is 312 g/mol. The molecule has 2 unspecified atom stereocenters. The molecule has 1 aromatic carbocycles. The molecule has 0 aliphatic carbocycles. The molecule has 21 heavy (non-hydrogen) atoms. The fourth-order valence-electron chi connectivity index (χ4n) is 3.51. The van der Waals surface area contributed by atoms with Gasteiger partial charge >= 0.3 is 0 Å². The zero-order chi connectivity index (χ0) is 15.4. The van der Waals surface area contributed by atoms with Gasteiger partial charge in [-0.2, -0.15) is 0 Å². The van der Waals surface area contributed by atoms with Crippen molar-refractivity contribution in [2.24, 2.45) is 5.92 Å². The van der Waals surface area contributed by atoms with Crippen molar-refractivity contribution in [3.8, 4) is 0 Å². The van der Waals surface area contributed by atoms with E-state index in [0.717, 1.165) is 25.1 Å². The summed E-state index contributed by atoms with van der Waals surface area (Å²) in [6, 6.07) is 5.88. The van der Waals surface area contributed by atoms with E-state index in [1.165, 1.54) is 12.8 Å². The molecule has 1 N–H and O–H groups in total. The van der Waals surface area contributed by atoms with Gasteiger partial charge in [-0.1, -0.05) is 30.2 Å². The molecule has 2 atom stereocenters. The van der Waals surface area contributed by atoms with Crippen LogP contribution in [0.2, 0.25) is 5.02 Å². The highest BCUT2D eigenvalue weighted by Gasteiger charge is 2.34. The van der Waals surface area contributed by atoms with Gasteiger partial charge in [0.2, 0.25) is 0 Å². The van der Waals surface area contributed by atoms with Gasteiger partial charge in [-0.3, -0.25) is 4.90 Å². The van der Waals surface area contributed by atoms with Crippen molar-refractivity contribution in [1.29, 1.82) is 0 Å². The summed E-state index contributed by atoms with van der Waals surface area (Å²) in [5.74, 6) is 0.158. The maximum absolute atomic E-state index is 14.6. The highest BCUT2D eigenvalue weighted by molar-refractivity contribution is 6.30. The number of nitrogens with zero attached hydrogens (tertiary/aromatic N) is 1. The summed E-state index contributed by atoms with van der Waals surface area (Å²) in [5, 5.41) is 3.50. The van der Waals surface area contributed by atoms with Crippen LogP contribution in [0, 0.1) is 11.7 Å². The first-order valence-corrected chi connectivity index (χ1v) is 8.28. The quantitative estimate of drug-likeness (QED) is 0.894. The number of hydrogen-bond acceptors (Lipinski definition) is 2. The lowest BCUT2D eigenvalue weighted by Crippen LogP contribution is -2.40. The van der Waals surface area contributed by atoms with Crippen molar-refractivity contribution >= 4 is 11.6 Å². The highest BCUT2D eigenvalue weighted by Crippen LogP contribution is 2.38. The molecule has 1 aromatic rings. The molecule has 0 spiro atoms. The summed E-state index contributed by atoms with van der Waals surface area (Å²) >= 11 is 6.02. The van der Waals surface area contributed by atoms with Crippen molar-refractivity contribution in [3.63, 3.8) is 0 Å². The van der Waals surface area contributed by atoms with Crippen LogP contribution in [0.1, 0.15) is 44.7 Å². The third kappa shape index (κ3) is 3.77. The van der Waals surface area contributed by atoms with Crippen molar-refractivity contribution in [3.05, 3.63) is 34.6 Å². The SMILES string of the molecule is CNCC1CCCCN(C(C)C)C1c1cccc(Cl)c1F. The van der Waals surface area contributed by atoms with E-state index < -0.39 is 0 Å². The van der Waals surface area contributed by atoms with E-state index in [1.54, 1.807) is 6.07 Å². The van der Waals surface area contributed by atoms with Crippen LogP contribution in [0.4, 0.5) is 4.39 Å². The number of rotatable bonds is 4. The predicted molar refractivity (Wildman–Crippen MR) is 87.3 cm³/mol. The molecule has 1 fully saturated rings. The van der Waals surface area contributed by atoms with E-state index in [0.29, 0.717) is 12.0 Å². The minimum atomic E-state index is -0.252. The van der Waals surface area contributed by atoms with Crippen LogP contribution in [-0.4, -0.2) is 31.1 Å². The summed E-state index contributed by atoms with van der Waals surface area (Å²) < 4.78 is 14.6. The van der Waals surface area contributed by atoms with E-state index in [4.69, 9.17) is 11.6 Å². The van der Waals surface area contributed by atoms with Gasteiger partial charge in [0.25, 0.3) is 0 Å². The highest BCUT2D eigenvalue weighted by atomic mass is 35.5. The van der Waals surface area contributed by atoms with Crippen molar-refractivity contribution < 1.29 is 4.39 Å². The van der Waals surface area contributed by atoms with Crippen LogP contribution < -0.4 is 5.32 Å². The zero-order valence-corrected chi connectivity index (χ0v) is 14.0. The molecule has 118 valence electrons. The molecule has 2 nitrogen and oxygen atoms in total. The van der Waals surface area contributed by atoms with Crippen LogP contribution in [-0.2, 0) is 0 Å². The number of halogens is 2. The Labute approximate surface area is 132 Å². The van der Waals surface area contributed by atoms with Gasteiger partial charge in [0, 0.05) is 17.6 Å². The van der Waals surface area contributed by atoms with Gasteiger partial charge in [-0.25, -0.2) is 4.39 Å². The van der Waals surface area contributed by atoms with Crippen molar-refractivity contribution in [2.45, 2.75) is 45.2 Å². The van der Waals surface area contributed by atoms with E-state index in [1.807, 2.05) is 19.2 Å². The van der Waals surface area contributed by atoms with Crippen LogP contribution >= 0.6 is 11.6 Å². The maximum Gasteiger partial charge on any atom is 0.146 e.